The molecule has 1 rings (SSSR count). The van der Waals surface area contributed by atoms with Crippen LogP contribution in [0.2, 0.25) is 0 Å². The average molecular weight is 281 g/mol. The molecule has 5 N–H and O–H groups in total. The lowest BCUT2D eigenvalue weighted by Crippen LogP contribution is -2.44. The lowest BCUT2D eigenvalue weighted by molar-refractivity contribution is -0.123. The number of nitrogens with two attached hydrogens (primary N) is 1. The Bertz CT molecular complexity index is 416. The van der Waals surface area contributed by atoms with Gasteiger partial charge in [0, 0.05) is 37.8 Å². The molecule has 7 heteroatoms. The standard InChI is InChI=1S/C13H23N5O2/c1-9(2)5-12(19)16-3-4-17-13(20)11(14)6-10-7-15-8-18-10/h7-9,11H,3-6,14H2,1-2H3,(H,15,18)(H,16,19)(H,17,20). The number of H-pyrrole nitrogens is 1. The molecule has 0 saturated heterocycles. The molecule has 2 amide bonds. The van der Waals surface area contributed by atoms with Gasteiger partial charge in [-0.25, -0.2) is 4.98 Å². The molecule has 1 unspecified atom stereocenters. The maximum atomic E-state index is 11.7. The fraction of sp³-hybridized carbons (Fsp3) is 0.615. The van der Waals surface area contributed by atoms with Crippen molar-refractivity contribution in [3.05, 3.63) is 18.2 Å². The molecule has 20 heavy (non-hydrogen) atoms. The fourth-order valence-corrected chi connectivity index (χ4v) is 1.69. The molecule has 1 atom stereocenters. The number of nitrogens with one attached hydrogen (secondary N) is 3. The van der Waals surface area contributed by atoms with E-state index in [1.165, 1.54) is 0 Å². The Labute approximate surface area is 118 Å². The Balaban J connectivity index is 2.15. The van der Waals surface area contributed by atoms with Crippen LogP contribution in [0.25, 0.3) is 0 Å². The second kappa shape index (κ2) is 8.31. The van der Waals surface area contributed by atoms with Crippen LogP contribution < -0.4 is 16.4 Å². The summed E-state index contributed by atoms with van der Waals surface area (Å²) in [6.07, 6.45) is 4.09. The van der Waals surface area contributed by atoms with Gasteiger partial charge in [-0.15, -0.1) is 0 Å². The topological polar surface area (TPSA) is 113 Å². The van der Waals surface area contributed by atoms with Crippen LogP contribution in [0.1, 0.15) is 26.0 Å². The van der Waals surface area contributed by atoms with Crippen molar-refractivity contribution in [2.75, 3.05) is 13.1 Å². The Kier molecular flexibility index (Phi) is 6.72. The van der Waals surface area contributed by atoms with E-state index >= 15 is 0 Å². The second-order valence-electron chi connectivity index (χ2n) is 5.13. The van der Waals surface area contributed by atoms with Crippen LogP contribution in [0.5, 0.6) is 0 Å². The number of nitrogens with zero attached hydrogens (tertiary/aromatic N) is 1. The summed E-state index contributed by atoms with van der Waals surface area (Å²) in [5.41, 5.74) is 6.59. The van der Waals surface area contributed by atoms with E-state index < -0.39 is 6.04 Å². The molecule has 0 aliphatic rings. The van der Waals surface area contributed by atoms with Gasteiger partial charge in [-0.05, 0) is 5.92 Å². The summed E-state index contributed by atoms with van der Waals surface area (Å²) in [5.74, 6) is 0.0844. The van der Waals surface area contributed by atoms with Gasteiger partial charge in [0.25, 0.3) is 0 Å². The summed E-state index contributed by atoms with van der Waals surface area (Å²) in [4.78, 5) is 29.9. The largest absolute Gasteiger partial charge is 0.354 e. The summed E-state index contributed by atoms with van der Waals surface area (Å²) in [7, 11) is 0. The number of rotatable bonds is 8. The highest BCUT2D eigenvalue weighted by molar-refractivity contribution is 5.81. The van der Waals surface area contributed by atoms with Gasteiger partial charge in [0.15, 0.2) is 0 Å². The minimum atomic E-state index is -0.623. The Morgan fingerprint density at radius 1 is 1.35 bits per heavy atom. The number of amides is 2. The van der Waals surface area contributed by atoms with E-state index in [0.717, 1.165) is 5.69 Å². The van der Waals surface area contributed by atoms with Gasteiger partial charge in [0.1, 0.15) is 0 Å². The minimum Gasteiger partial charge on any atom is -0.354 e. The van der Waals surface area contributed by atoms with E-state index in [0.29, 0.717) is 31.8 Å². The maximum Gasteiger partial charge on any atom is 0.237 e. The van der Waals surface area contributed by atoms with Crippen molar-refractivity contribution in [3.8, 4) is 0 Å². The monoisotopic (exact) mass is 281 g/mol. The van der Waals surface area contributed by atoms with Gasteiger partial charge >= 0.3 is 0 Å². The van der Waals surface area contributed by atoms with Gasteiger partial charge in [-0.2, -0.15) is 0 Å². The number of carbonyl (C=O) groups is 2. The molecule has 0 aliphatic carbocycles. The molecule has 0 aromatic carbocycles. The smallest absolute Gasteiger partial charge is 0.237 e. The molecule has 0 radical (unpaired) electrons. The minimum absolute atomic E-state index is 0.00370. The Morgan fingerprint density at radius 2 is 2.05 bits per heavy atom. The third-order valence-corrected chi connectivity index (χ3v) is 2.67. The van der Waals surface area contributed by atoms with Crippen LogP contribution in [0, 0.1) is 5.92 Å². The third-order valence-electron chi connectivity index (χ3n) is 2.67. The molecule has 0 aliphatic heterocycles. The highest BCUT2D eigenvalue weighted by atomic mass is 16.2. The number of imidazole rings is 1. The first-order valence-corrected chi connectivity index (χ1v) is 6.76. The maximum absolute atomic E-state index is 11.7. The van der Waals surface area contributed by atoms with Crippen LogP contribution >= 0.6 is 0 Å². The summed E-state index contributed by atoms with van der Waals surface area (Å²) in [6.45, 7) is 4.75. The fourth-order valence-electron chi connectivity index (χ4n) is 1.69. The summed E-state index contributed by atoms with van der Waals surface area (Å²) in [5, 5.41) is 5.43. The zero-order chi connectivity index (χ0) is 15.0. The predicted octanol–water partition coefficient (Wildman–Crippen LogP) is -0.442. The lowest BCUT2D eigenvalue weighted by Gasteiger charge is -2.12. The summed E-state index contributed by atoms with van der Waals surface area (Å²) >= 11 is 0. The van der Waals surface area contributed by atoms with Crippen molar-refractivity contribution in [1.82, 2.24) is 20.6 Å². The highest BCUT2D eigenvalue weighted by Gasteiger charge is 2.14. The predicted molar refractivity (Wildman–Crippen MR) is 75.7 cm³/mol. The molecule has 1 aromatic heterocycles. The first-order valence-electron chi connectivity index (χ1n) is 6.76. The third kappa shape index (κ3) is 6.33. The molecule has 1 aromatic rings. The van der Waals surface area contributed by atoms with Crippen LogP contribution in [0.15, 0.2) is 12.5 Å². The zero-order valence-electron chi connectivity index (χ0n) is 12.0. The van der Waals surface area contributed by atoms with Crippen molar-refractivity contribution in [2.45, 2.75) is 32.7 Å². The van der Waals surface area contributed by atoms with Gasteiger partial charge in [-0.3, -0.25) is 9.59 Å². The highest BCUT2D eigenvalue weighted by Crippen LogP contribution is 1.97. The van der Waals surface area contributed by atoms with Crippen molar-refractivity contribution in [1.29, 1.82) is 0 Å². The van der Waals surface area contributed by atoms with Crippen molar-refractivity contribution in [3.63, 3.8) is 0 Å². The molecule has 112 valence electrons. The van der Waals surface area contributed by atoms with E-state index in [1.807, 2.05) is 13.8 Å². The number of aromatic amines is 1. The van der Waals surface area contributed by atoms with E-state index in [2.05, 4.69) is 20.6 Å². The van der Waals surface area contributed by atoms with Gasteiger partial charge in [0.2, 0.25) is 11.8 Å². The zero-order valence-corrected chi connectivity index (χ0v) is 12.0. The van der Waals surface area contributed by atoms with Crippen LogP contribution in [0.3, 0.4) is 0 Å². The van der Waals surface area contributed by atoms with E-state index in [4.69, 9.17) is 5.73 Å². The van der Waals surface area contributed by atoms with Gasteiger partial charge < -0.3 is 21.4 Å². The normalized spacial score (nSPS) is 12.2. The van der Waals surface area contributed by atoms with Crippen molar-refractivity contribution >= 4 is 11.8 Å². The Morgan fingerprint density at radius 3 is 2.65 bits per heavy atom. The first-order chi connectivity index (χ1) is 9.49. The number of hydrogen-bond acceptors (Lipinski definition) is 4. The molecule has 0 fully saturated rings. The average Bonchev–Trinajstić information content (AvgIpc) is 2.86. The van der Waals surface area contributed by atoms with E-state index in [-0.39, 0.29) is 11.8 Å². The molecule has 1 heterocycles. The van der Waals surface area contributed by atoms with Crippen LogP contribution in [-0.2, 0) is 16.0 Å². The van der Waals surface area contributed by atoms with Crippen molar-refractivity contribution < 1.29 is 9.59 Å². The molecule has 7 nitrogen and oxygen atoms in total. The van der Waals surface area contributed by atoms with E-state index in [9.17, 15) is 9.59 Å². The molecular weight excluding hydrogens is 258 g/mol. The molecule has 0 bridgehead atoms. The van der Waals surface area contributed by atoms with Crippen molar-refractivity contribution in [2.24, 2.45) is 11.7 Å². The molecule has 0 saturated carbocycles. The summed E-state index contributed by atoms with van der Waals surface area (Å²) in [6, 6.07) is -0.623. The Hall–Kier alpha value is -1.89. The molecule has 0 spiro atoms. The number of aromatic nitrogens is 2. The summed E-state index contributed by atoms with van der Waals surface area (Å²) < 4.78 is 0. The first kappa shape index (κ1) is 16.2. The quantitative estimate of drug-likeness (QED) is 0.484. The lowest BCUT2D eigenvalue weighted by atomic mass is 10.1. The van der Waals surface area contributed by atoms with Gasteiger partial charge in [-0.1, -0.05) is 13.8 Å². The van der Waals surface area contributed by atoms with E-state index in [1.54, 1.807) is 12.5 Å². The van der Waals surface area contributed by atoms with Crippen LogP contribution in [-0.4, -0.2) is 40.9 Å². The molecular formula is C13H23N5O2. The number of hydrogen-bond donors (Lipinski definition) is 4. The van der Waals surface area contributed by atoms with Gasteiger partial charge in [0.05, 0.1) is 12.4 Å². The SMILES string of the molecule is CC(C)CC(=O)NCCNC(=O)C(N)Cc1cnc[nH]1. The second-order valence-corrected chi connectivity index (χ2v) is 5.13. The number of carbonyl (C=O) groups excluding carboxylic acids is 2. The van der Waals surface area contributed by atoms with Crippen LogP contribution in [0.4, 0.5) is 0 Å².